The fraction of sp³-hybridized carbons (Fsp3) is 0.242. The summed E-state index contributed by atoms with van der Waals surface area (Å²) >= 11 is 6.52. The Labute approximate surface area is 284 Å². The molecule has 4 amide bonds. The van der Waals surface area contributed by atoms with Gasteiger partial charge in [0.05, 0.1) is 10.5 Å². The zero-order valence-corrected chi connectivity index (χ0v) is 27.1. The van der Waals surface area contributed by atoms with Crippen molar-refractivity contribution >= 4 is 63.9 Å². The van der Waals surface area contributed by atoms with Crippen LogP contribution in [-0.2, 0) is 9.59 Å². The lowest BCUT2D eigenvalue weighted by atomic mass is 10.0. The first kappa shape index (κ1) is 34.5. The summed E-state index contributed by atoms with van der Waals surface area (Å²) in [7, 11) is 0. The van der Waals surface area contributed by atoms with Gasteiger partial charge in [-0.15, -0.1) is 0 Å². The number of thioether (sulfide) groups is 1. The molecule has 0 aromatic heterocycles. The van der Waals surface area contributed by atoms with Crippen LogP contribution in [0.25, 0.3) is 17.2 Å². The molecule has 0 unspecified atom stereocenters. The van der Waals surface area contributed by atoms with E-state index in [4.69, 9.17) is 27.8 Å². The SMILES string of the molecule is NC(=O)N1CCN(CCOc2ccc(-c3ccc(F)c(F)c3)cc2/C=C2\SC(=S)N(CCC(=O)Nc3ccc(C(=O)O)cc3)C2=O)CC1. The first-order valence-electron chi connectivity index (χ1n) is 14.9. The van der Waals surface area contributed by atoms with Crippen molar-refractivity contribution in [3.05, 3.63) is 88.3 Å². The number of amides is 4. The third kappa shape index (κ3) is 8.53. The number of hydrogen-bond donors (Lipinski definition) is 3. The molecule has 0 atom stereocenters. The molecule has 48 heavy (non-hydrogen) atoms. The number of urea groups is 1. The lowest BCUT2D eigenvalue weighted by Crippen LogP contribution is -2.51. The van der Waals surface area contributed by atoms with Crippen LogP contribution in [0.15, 0.2) is 65.6 Å². The average Bonchev–Trinajstić information content (AvgIpc) is 3.33. The van der Waals surface area contributed by atoms with Crippen LogP contribution in [0.5, 0.6) is 5.75 Å². The van der Waals surface area contributed by atoms with Crippen molar-refractivity contribution in [2.75, 3.05) is 51.2 Å². The fourth-order valence-corrected chi connectivity index (χ4v) is 6.39. The molecule has 0 spiro atoms. The van der Waals surface area contributed by atoms with Crippen LogP contribution in [-0.4, -0.2) is 93.8 Å². The van der Waals surface area contributed by atoms with Crippen molar-refractivity contribution in [2.24, 2.45) is 5.73 Å². The Kier molecular flexibility index (Phi) is 11.0. The number of carbonyl (C=O) groups excluding carboxylic acids is 3. The van der Waals surface area contributed by atoms with Gasteiger partial charge in [-0.3, -0.25) is 19.4 Å². The molecule has 2 aliphatic heterocycles. The molecule has 11 nitrogen and oxygen atoms in total. The van der Waals surface area contributed by atoms with Crippen molar-refractivity contribution in [1.29, 1.82) is 0 Å². The Morgan fingerprint density at radius 1 is 0.958 bits per heavy atom. The average molecular weight is 696 g/mol. The van der Waals surface area contributed by atoms with Crippen LogP contribution in [0.2, 0.25) is 0 Å². The van der Waals surface area contributed by atoms with Crippen LogP contribution >= 0.6 is 24.0 Å². The maximum Gasteiger partial charge on any atom is 0.335 e. The molecule has 4 N–H and O–H groups in total. The van der Waals surface area contributed by atoms with E-state index < -0.39 is 29.5 Å². The first-order valence-corrected chi connectivity index (χ1v) is 16.1. The molecule has 0 bridgehead atoms. The van der Waals surface area contributed by atoms with Gasteiger partial charge in [-0.25, -0.2) is 18.4 Å². The number of thiocarbonyl (C=S) groups is 1. The van der Waals surface area contributed by atoms with E-state index in [1.165, 1.54) is 35.2 Å². The lowest BCUT2D eigenvalue weighted by molar-refractivity contribution is -0.122. The molecule has 2 aliphatic rings. The number of halogens is 2. The van der Waals surface area contributed by atoms with Gasteiger partial charge in [-0.2, -0.15) is 0 Å². The standard InChI is InChI=1S/C33H31F2N5O6S2/c34-25-7-3-22(18-26(25)35)21-4-8-27(46-16-15-38-11-13-39(14-12-38)32(36)45)23(17-21)19-28-30(42)40(33(47)48-28)10-9-29(41)37-24-5-1-20(2-6-24)31(43)44/h1-8,17-19H,9-16H2,(H2,36,45)(H,37,41)(H,43,44)/b28-19-. The summed E-state index contributed by atoms with van der Waals surface area (Å²) in [6.07, 6.45) is 1.56. The van der Waals surface area contributed by atoms with Crippen molar-refractivity contribution in [3.8, 4) is 16.9 Å². The molecule has 0 radical (unpaired) electrons. The second kappa shape index (κ2) is 15.4. The highest BCUT2D eigenvalue weighted by atomic mass is 32.2. The minimum atomic E-state index is -1.08. The van der Waals surface area contributed by atoms with E-state index in [-0.39, 0.29) is 28.8 Å². The third-order valence-electron chi connectivity index (χ3n) is 7.75. The van der Waals surface area contributed by atoms with E-state index >= 15 is 0 Å². The van der Waals surface area contributed by atoms with Crippen LogP contribution < -0.4 is 15.8 Å². The van der Waals surface area contributed by atoms with Gasteiger partial charge in [0.15, 0.2) is 11.6 Å². The molecule has 3 aromatic rings. The second-order valence-corrected chi connectivity index (χ2v) is 12.6. The topological polar surface area (TPSA) is 146 Å². The van der Waals surface area contributed by atoms with Crippen LogP contribution in [0, 0.1) is 11.6 Å². The minimum Gasteiger partial charge on any atom is -0.492 e. The number of primary amides is 1. The number of ether oxygens (including phenoxy) is 1. The molecule has 0 aliphatic carbocycles. The summed E-state index contributed by atoms with van der Waals surface area (Å²) in [5.74, 6) is -3.38. The van der Waals surface area contributed by atoms with Gasteiger partial charge >= 0.3 is 12.0 Å². The number of nitrogens with zero attached hydrogens (tertiary/aromatic N) is 3. The van der Waals surface area contributed by atoms with Crippen molar-refractivity contribution < 1.29 is 37.8 Å². The lowest BCUT2D eigenvalue weighted by Gasteiger charge is -2.33. The van der Waals surface area contributed by atoms with Gasteiger partial charge < -0.3 is 25.8 Å². The number of carbonyl (C=O) groups is 4. The zero-order valence-electron chi connectivity index (χ0n) is 25.5. The Hall–Kier alpha value is -4.86. The monoisotopic (exact) mass is 695 g/mol. The number of hydrogen-bond acceptors (Lipinski definition) is 8. The van der Waals surface area contributed by atoms with Gasteiger partial charge in [0.2, 0.25) is 5.91 Å². The number of benzene rings is 3. The molecule has 2 heterocycles. The van der Waals surface area contributed by atoms with Crippen molar-refractivity contribution in [2.45, 2.75) is 6.42 Å². The quantitative estimate of drug-likeness (QED) is 0.193. The summed E-state index contributed by atoms with van der Waals surface area (Å²) in [5.41, 5.74) is 7.38. The van der Waals surface area contributed by atoms with Gasteiger partial charge in [0.1, 0.15) is 16.7 Å². The molecule has 2 fully saturated rings. The van der Waals surface area contributed by atoms with Crippen LogP contribution in [0.1, 0.15) is 22.3 Å². The summed E-state index contributed by atoms with van der Waals surface area (Å²) in [6, 6.07) is 13.9. The third-order valence-corrected chi connectivity index (χ3v) is 9.13. The normalized spacial score (nSPS) is 16.0. The smallest absolute Gasteiger partial charge is 0.335 e. The van der Waals surface area contributed by atoms with E-state index in [1.807, 2.05) is 0 Å². The molecule has 15 heteroatoms. The highest BCUT2D eigenvalue weighted by Crippen LogP contribution is 2.36. The largest absolute Gasteiger partial charge is 0.492 e. The van der Waals surface area contributed by atoms with E-state index in [0.717, 1.165) is 23.9 Å². The Balaban J connectivity index is 1.28. The van der Waals surface area contributed by atoms with Gasteiger partial charge in [-0.1, -0.05) is 36.1 Å². The van der Waals surface area contributed by atoms with E-state index in [0.29, 0.717) is 72.4 Å². The number of rotatable bonds is 11. The maximum atomic E-state index is 14.1. The number of piperazine rings is 1. The van der Waals surface area contributed by atoms with Crippen molar-refractivity contribution in [3.63, 3.8) is 0 Å². The Bertz CT molecular complexity index is 1780. The van der Waals surface area contributed by atoms with Crippen LogP contribution in [0.3, 0.4) is 0 Å². The number of carboxylic acid groups (broad SMARTS) is 1. The molecule has 2 saturated heterocycles. The fourth-order valence-electron chi connectivity index (χ4n) is 5.09. The van der Waals surface area contributed by atoms with E-state index in [2.05, 4.69) is 10.2 Å². The Morgan fingerprint density at radius 3 is 2.31 bits per heavy atom. The number of aromatic carboxylic acids is 1. The molecule has 5 rings (SSSR count). The zero-order chi connectivity index (χ0) is 34.4. The van der Waals surface area contributed by atoms with E-state index in [1.54, 1.807) is 29.2 Å². The second-order valence-electron chi connectivity index (χ2n) is 10.9. The molecule has 0 saturated carbocycles. The number of nitrogens with two attached hydrogens (primary N) is 1. The molecule has 3 aromatic carbocycles. The summed E-state index contributed by atoms with van der Waals surface area (Å²) in [6.45, 7) is 3.22. The van der Waals surface area contributed by atoms with Gasteiger partial charge in [0.25, 0.3) is 5.91 Å². The molecular formula is C33H31F2N5O6S2. The minimum absolute atomic E-state index is 0.0162. The Morgan fingerprint density at radius 2 is 1.65 bits per heavy atom. The molecular weight excluding hydrogens is 665 g/mol. The van der Waals surface area contributed by atoms with Crippen molar-refractivity contribution in [1.82, 2.24) is 14.7 Å². The highest BCUT2D eigenvalue weighted by molar-refractivity contribution is 8.26. The van der Waals surface area contributed by atoms with E-state index in [9.17, 15) is 28.0 Å². The van der Waals surface area contributed by atoms with Gasteiger partial charge in [-0.05, 0) is 65.7 Å². The molecule has 250 valence electrons. The maximum absolute atomic E-state index is 14.1. The number of nitrogens with one attached hydrogen (secondary N) is 1. The summed E-state index contributed by atoms with van der Waals surface area (Å²) < 4.78 is 34.1. The predicted molar refractivity (Wildman–Crippen MR) is 181 cm³/mol. The first-order chi connectivity index (χ1) is 23.0. The van der Waals surface area contributed by atoms with Crippen LogP contribution in [0.4, 0.5) is 19.3 Å². The number of carboxylic acids is 1. The summed E-state index contributed by atoms with van der Waals surface area (Å²) in [5, 5.41) is 11.7. The van der Waals surface area contributed by atoms with Gasteiger partial charge in [0, 0.05) is 56.9 Å². The number of anilines is 1. The summed E-state index contributed by atoms with van der Waals surface area (Å²) in [4.78, 5) is 53.8. The predicted octanol–water partition coefficient (Wildman–Crippen LogP) is 4.64. The highest BCUT2D eigenvalue weighted by Gasteiger charge is 2.32.